The van der Waals surface area contributed by atoms with Crippen molar-refractivity contribution in [3.8, 4) is 22.5 Å². The molecule has 3 aromatic rings. The van der Waals surface area contributed by atoms with Gasteiger partial charge in [0.2, 0.25) is 15.8 Å². The molecule has 2 aromatic heterocycles. The number of sulfone groups is 1. The number of pyridine rings is 1. The van der Waals surface area contributed by atoms with Crippen LogP contribution in [0, 0.1) is 0 Å². The molecule has 0 unspecified atom stereocenters. The molecule has 12 heteroatoms. The van der Waals surface area contributed by atoms with E-state index in [9.17, 15) is 16.8 Å². The summed E-state index contributed by atoms with van der Waals surface area (Å²) in [5.74, 6) is 0.0341. The summed E-state index contributed by atoms with van der Waals surface area (Å²) in [7, 11) is -7.51. The first-order chi connectivity index (χ1) is 11.7. The normalized spacial score (nSPS) is 12.2. The molecule has 0 aliphatic heterocycles. The minimum absolute atomic E-state index is 0.0341. The van der Waals surface area contributed by atoms with Crippen molar-refractivity contribution in [3.05, 3.63) is 36.5 Å². The summed E-state index contributed by atoms with van der Waals surface area (Å²) in [6.45, 7) is 0. The number of nitrogens with one attached hydrogen (secondary N) is 1. The van der Waals surface area contributed by atoms with E-state index in [0.717, 1.165) is 6.26 Å². The van der Waals surface area contributed by atoms with Crippen molar-refractivity contribution in [3.63, 3.8) is 0 Å². The van der Waals surface area contributed by atoms with Crippen molar-refractivity contribution < 1.29 is 16.8 Å². The molecule has 0 bridgehead atoms. The molecule has 0 radical (unpaired) electrons. The number of rotatable bonds is 4. The van der Waals surface area contributed by atoms with Crippen LogP contribution in [0.2, 0.25) is 0 Å². The number of nitrogens with zero attached hydrogens (tertiary/aromatic N) is 4. The van der Waals surface area contributed by atoms with E-state index in [0.29, 0.717) is 11.1 Å². The third-order valence-electron chi connectivity index (χ3n) is 3.33. The van der Waals surface area contributed by atoms with Crippen molar-refractivity contribution in [2.75, 3.05) is 6.26 Å². The predicted molar refractivity (Wildman–Crippen MR) is 87.3 cm³/mol. The first kappa shape index (κ1) is 17.1. The summed E-state index contributed by atoms with van der Waals surface area (Å²) < 4.78 is 46.9. The minimum atomic E-state index is -4.06. The van der Waals surface area contributed by atoms with Crippen molar-refractivity contribution in [1.82, 2.24) is 25.6 Å². The number of aromatic nitrogens is 5. The Morgan fingerprint density at radius 2 is 1.84 bits per heavy atom. The fourth-order valence-electron chi connectivity index (χ4n) is 2.27. The molecule has 0 aliphatic rings. The van der Waals surface area contributed by atoms with E-state index in [1.165, 1.54) is 30.5 Å². The third-order valence-corrected chi connectivity index (χ3v) is 5.28. The summed E-state index contributed by atoms with van der Waals surface area (Å²) in [5, 5.41) is 18.5. The third kappa shape index (κ3) is 3.40. The lowest BCUT2D eigenvalue weighted by Gasteiger charge is -2.11. The monoisotopic (exact) mass is 380 g/mol. The molecule has 0 fully saturated rings. The van der Waals surface area contributed by atoms with Crippen LogP contribution in [0.5, 0.6) is 0 Å². The second-order valence-electron chi connectivity index (χ2n) is 5.12. The molecule has 0 saturated heterocycles. The van der Waals surface area contributed by atoms with Gasteiger partial charge in [-0.1, -0.05) is 12.1 Å². The van der Waals surface area contributed by atoms with Crippen molar-refractivity contribution in [2.45, 2.75) is 9.92 Å². The van der Waals surface area contributed by atoms with Gasteiger partial charge in [0.05, 0.1) is 10.5 Å². The average molecular weight is 380 g/mol. The second-order valence-corrected chi connectivity index (χ2v) is 8.61. The van der Waals surface area contributed by atoms with Crippen LogP contribution in [0.15, 0.2) is 46.5 Å². The van der Waals surface area contributed by atoms with Crippen molar-refractivity contribution in [1.29, 1.82) is 0 Å². The Bertz CT molecular complexity index is 1120. The molecule has 10 nitrogen and oxygen atoms in total. The Morgan fingerprint density at radius 1 is 1.08 bits per heavy atom. The van der Waals surface area contributed by atoms with Gasteiger partial charge in [-0.15, -0.1) is 10.2 Å². The molecule has 25 heavy (non-hydrogen) atoms. The summed E-state index contributed by atoms with van der Waals surface area (Å²) in [6, 6.07) is 7.28. The van der Waals surface area contributed by atoms with Gasteiger partial charge in [0.15, 0.2) is 14.9 Å². The quantitative estimate of drug-likeness (QED) is 0.638. The number of primary sulfonamides is 1. The van der Waals surface area contributed by atoms with Gasteiger partial charge in [-0.3, -0.25) is 0 Å². The van der Waals surface area contributed by atoms with Crippen LogP contribution in [0.3, 0.4) is 0 Å². The van der Waals surface area contributed by atoms with Gasteiger partial charge >= 0.3 is 0 Å². The Hall–Kier alpha value is -2.70. The Labute approximate surface area is 143 Å². The molecule has 0 amide bonds. The summed E-state index contributed by atoms with van der Waals surface area (Å²) in [6.07, 6.45) is 2.36. The molecule has 3 rings (SSSR count). The van der Waals surface area contributed by atoms with Gasteiger partial charge in [0.25, 0.3) is 0 Å². The van der Waals surface area contributed by atoms with E-state index >= 15 is 0 Å². The zero-order chi connectivity index (χ0) is 18.2. The number of H-pyrrole nitrogens is 1. The number of aromatic amines is 1. The molecule has 0 aliphatic carbocycles. The highest BCUT2D eigenvalue weighted by molar-refractivity contribution is 7.90. The van der Waals surface area contributed by atoms with Crippen molar-refractivity contribution in [2.24, 2.45) is 5.14 Å². The van der Waals surface area contributed by atoms with E-state index in [1.54, 1.807) is 6.07 Å². The lowest BCUT2D eigenvalue weighted by Crippen LogP contribution is -2.14. The molecule has 130 valence electrons. The number of hydrogen-bond acceptors (Lipinski definition) is 8. The van der Waals surface area contributed by atoms with Crippen LogP contribution in [-0.4, -0.2) is 48.7 Å². The molecule has 0 atom stereocenters. The lowest BCUT2D eigenvalue weighted by molar-refractivity contribution is 0.596. The Kier molecular flexibility index (Phi) is 4.10. The van der Waals surface area contributed by atoms with E-state index < -0.39 is 19.9 Å². The highest BCUT2D eigenvalue weighted by Crippen LogP contribution is 2.34. The summed E-state index contributed by atoms with van der Waals surface area (Å²) in [4.78, 5) is 3.73. The van der Waals surface area contributed by atoms with E-state index in [-0.39, 0.29) is 21.3 Å². The second kappa shape index (κ2) is 5.98. The smallest absolute Gasteiger partial charge is 0.238 e. The summed E-state index contributed by atoms with van der Waals surface area (Å²) in [5.41, 5.74) is 1.03. The fraction of sp³-hybridized carbons (Fsp3) is 0.0769. The Morgan fingerprint density at radius 3 is 2.36 bits per heavy atom. The topological polar surface area (TPSA) is 162 Å². The molecule has 2 heterocycles. The number of nitrogens with two attached hydrogens (primary N) is 1. The Balaban J connectivity index is 2.27. The van der Waals surface area contributed by atoms with Crippen LogP contribution >= 0.6 is 0 Å². The first-order valence-electron chi connectivity index (χ1n) is 6.74. The van der Waals surface area contributed by atoms with Crippen LogP contribution in [-0.2, 0) is 19.9 Å². The highest BCUT2D eigenvalue weighted by Gasteiger charge is 2.22. The SMILES string of the molecule is CS(=O)(=O)c1ccc(-c2cccc(S(N)(=O)=O)c2-c2nn[nH]n2)cn1. The van der Waals surface area contributed by atoms with Gasteiger partial charge in [0.1, 0.15) is 0 Å². The first-order valence-corrected chi connectivity index (χ1v) is 10.2. The van der Waals surface area contributed by atoms with Crippen LogP contribution in [0.1, 0.15) is 0 Å². The van der Waals surface area contributed by atoms with Gasteiger partial charge in [-0.05, 0) is 29.0 Å². The molecule has 0 saturated carbocycles. The maximum Gasteiger partial charge on any atom is 0.238 e. The van der Waals surface area contributed by atoms with Gasteiger partial charge in [-0.2, -0.15) is 5.21 Å². The van der Waals surface area contributed by atoms with E-state index in [1.807, 2.05) is 0 Å². The van der Waals surface area contributed by atoms with Crippen LogP contribution in [0.25, 0.3) is 22.5 Å². The predicted octanol–water partition coefficient (Wildman–Crippen LogP) is -0.0204. The molecular weight excluding hydrogens is 368 g/mol. The summed E-state index contributed by atoms with van der Waals surface area (Å²) >= 11 is 0. The maximum absolute atomic E-state index is 11.9. The fourth-order valence-corrected chi connectivity index (χ4v) is 3.58. The zero-order valence-corrected chi connectivity index (χ0v) is 14.4. The maximum atomic E-state index is 11.9. The molecular formula is C13H12N6O4S2. The van der Waals surface area contributed by atoms with Crippen LogP contribution < -0.4 is 5.14 Å². The molecule has 0 spiro atoms. The lowest BCUT2D eigenvalue weighted by atomic mass is 10.0. The van der Waals surface area contributed by atoms with Gasteiger partial charge in [0, 0.05) is 18.0 Å². The number of hydrogen-bond donors (Lipinski definition) is 2. The highest BCUT2D eigenvalue weighted by atomic mass is 32.2. The largest absolute Gasteiger partial charge is 0.244 e. The van der Waals surface area contributed by atoms with Gasteiger partial charge < -0.3 is 0 Å². The number of sulfonamides is 1. The van der Waals surface area contributed by atoms with E-state index in [4.69, 9.17) is 5.14 Å². The van der Waals surface area contributed by atoms with Crippen molar-refractivity contribution >= 4 is 19.9 Å². The average Bonchev–Trinajstić information content (AvgIpc) is 3.07. The van der Waals surface area contributed by atoms with Gasteiger partial charge in [-0.25, -0.2) is 27.0 Å². The standard InChI is InChI=1S/C13H12N6O4S2/c1-24(20,21)11-6-5-8(7-15-11)9-3-2-4-10(25(14,22)23)12(9)13-16-18-19-17-13/h2-7H,1H3,(H2,14,22,23)(H,16,17,18,19). The zero-order valence-electron chi connectivity index (χ0n) is 12.8. The van der Waals surface area contributed by atoms with E-state index in [2.05, 4.69) is 25.6 Å². The number of tetrazole rings is 1. The minimum Gasteiger partial charge on any atom is -0.244 e. The molecule has 1 aromatic carbocycles. The van der Waals surface area contributed by atoms with Crippen LogP contribution in [0.4, 0.5) is 0 Å². The molecule has 3 N–H and O–H groups in total. The number of benzene rings is 1.